The lowest BCUT2D eigenvalue weighted by Crippen LogP contribution is -2.45. The molecule has 0 saturated heterocycles. The molecular formula is C18H34N4O4S2. The summed E-state index contributed by atoms with van der Waals surface area (Å²) in [5.41, 5.74) is 0. The number of unbranched alkanes of at least 4 members (excludes halogenated alkanes) is 8. The summed E-state index contributed by atoms with van der Waals surface area (Å²) in [6.45, 7) is 2.31. The van der Waals surface area contributed by atoms with Crippen molar-refractivity contribution in [3.8, 4) is 12.1 Å². The molecule has 162 valence electrons. The fraction of sp³-hybridized carbons (Fsp3) is 0.889. The number of nitriles is 2. The van der Waals surface area contributed by atoms with Crippen LogP contribution in [0.2, 0.25) is 0 Å². The van der Waals surface area contributed by atoms with Gasteiger partial charge in [0.1, 0.15) is 0 Å². The zero-order valence-electron chi connectivity index (χ0n) is 16.8. The molecule has 10 heteroatoms. The molecular weight excluding hydrogens is 400 g/mol. The second-order valence-corrected chi connectivity index (χ2v) is 10.9. The Morgan fingerprint density at radius 2 is 1.18 bits per heavy atom. The Bertz CT molecular complexity index is 640. The van der Waals surface area contributed by atoms with Crippen LogP contribution in [0.15, 0.2) is 0 Å². The highest BCUT2D eigenvalue weighted by atomic mass is 32.3. The van der Waals surface area contributed by atoms with Gasteiger partial charge in [-0.2, -0.15) is 10.5 Å². The van der Waals surface area contributed by atoms with Crippen molar-refractivity contribution in [2.24, 2.45) is 0 Å². The van der Waals surface area contributed by atoms with E-state index >= 15 is 0 Å². The van der Waals surface area contributed by atoms with Crippen molar-refractivity contribution in [2.45, 2.75) is 88.6 Å². The molecule has 0 aromatic rings. The molecule has 0 saturated carbocycles. The van der Waals surface area contributed by atoms with Crippen molar-refractivity contribution in [1.29, 1.82) is 10.5 Å². The molecule has 0 aliphatic carbocycles. The van der Waals surface area contributed by atoms with Crippen LogP contribution in [0, 0.1) is 22.7 Å². The molecule has 28 heavy (non-hydrogen) atoms. The summed E-state index contributed by atoms with van der Waals surface area (Å²) in [7, 11) is -8.09. The van der Waals surface area contributed by atoms with Crippen molar-refractivity contribution in [1.82, 2.24) is 9.44 Å². The van der Waals surface area contributed by atoms with E-state index in [1.807, 2.05) is 12.1 Å². The molecule has 0 aliphatic heterocycles. The summed E-state index contributed by atoms with van der Waals surface area (Å²) in [4.78, 5) is 0. The highest BCUT2D eigenvalue weighted by Gasteiger charge is 2.36. The summed E-state index contributed by atoms with van der Waals surface area (Å²) in [6.07, 6.45) is 7.17. The predicted molar refractivity (Wildman–Crippen MR) is 110 cm³/mol. The van der Waals surface area contributed by atoms with Crippen LogP contribution >= 0.6 is 0 Å². The molecule has 0 bridgehead atoms. The van der Waals surface area contributed by atoms with E-state index in [-0.39, 0.29) is 19.5 Å². The lowest BCUT2D eigenvalue weighted by molar-refractivity contribution is 0.538. The third-order valence-electron chi connectivity index (χ3n) is 4.27. The molecule has 0 rings (SSSR count). The van der Waals surface area contributed by atoms with Gasteiger partial charge in [-0.05, 0) is 32.1 Å². The van der Waals surface area contributed by atoms with Crippen molar-refractivity contribution < 1.29 is 16.8 Å². The van der Waals surface area contributed by atoms with Crippen LogP contribution in [-0.2, 0) is 20.0 Å². The zero-order valence-corrected chi connectivity index (χ0v) is 18.5. The van der Waals surface area contributed by atoms with Crippen LogP contribution in [0.25, 0.3) is 0 Å². The predicted octanol–water partition coefficient (Wildman–Crippen LogP) is 2.90. The Morgan fingerprint density at radius 1 is 0.714 bits per heavy atom. The number of nitrogens with one attached hydrogen (secondary N) is 2. The number of rotatable bonds is 18. The number of sulfonamides is 2. The van der Waals surface area contributed by atoms with Gasteiger partial charge in [0.05, 0.1) is 12.1 Å². The Morgan fingerprint density at radius 3 is 1.61 bits per heavy atom. The Hall–Kier alpha value is -1.20. The molecule has 2 N–H and O–H groups in total. The van der Waals surface area contributed by atoms with Gasteiger partial charge in [0, 0.05) is 25.9 Å². The maximum Gasteiger partial charge on any atom is 0.230 e. The zero-order chi connectivity index (χ0) is 21.3. The summed E-state index contributed by atoms with van der Waals surface area (Å²) < 4.78 is 53.7. The smallest absolute Gasteiger partial charge is 0.214 e. The molecule has 0 atom stereocenters. The van der Waals surface area contributed by atoms with Gasteiger partial charge in [0.2, 0.25) is 20.0 Å². The SMILES string of the molecule is CCCCCCCC(S(=O)(=O)NCCCCC#N)S(=O)(=O)NCCCCC#N. The average molecular weight is 435 g/mol. The molecule has 0 amide bonds. The number of hydrogen-bond donors (Lipinski definition) is 2. The Kier molecular flexibility index (Phi) is 15.0. The molecule has 0 aliphatic rings. The second kappa shape index (κ2) is 15.7. The molecule has 0 aromatic carbocycles. The minimum absolute atomic E-state index is 0.0464. The Balaban J connectivity index is 4.91. The first-order chi connectivity index (χ1) is 13.3. The normalized spacial score (nSPS) is 12.0. The minimum Gasteiger partial charge on any atom is -0.214 e. The van der Waals surface area contributed by atoms with Crippen LogP contribution in [0.5, 0.6) is 0 Å². The summed E-state index contributed by atoms with van der Waals surface area (Å²) in [5, 5.41) is 17.0. The summed E-state index contributed by atoms with van der Waals surface area (Å²) >= 11 is 0. The first-order valence-electron chi connectivity index (χ1n) is 10.0. The summed E-state index contributed by atoms with van der Waals surface area (Å²) in [6, 6.07) is 3.98. The van der Waals surface area contributed by atoms with Gasteiger partial charge in [0.25, 0.3) is 0 Å². The maximum absolute atomic E-state index is 12.6. The van der Waals surface area contributed by atoms with Gasteiger partial charge in [0.15, 0.2) is 4.58 Å². The van der Waals surface area contributed by atoms with Crippen LogP contribution in [0.3, 0.4) is 0 Å². The van der Waals surface area contributed by atoms with E-state index in [0.29, 0.717) is 44.9 Å². The van der Waals surface area contributed by atoms with E-state index in [0.717, 1.165) is 25.7 Å². The van der Waals surface area contributed by atoms with Gasteiger partial charge < -0.3 is 0 Å². The third-order valence-corrected chi connectivity index (χ3v) is 8.86. The maximum atomic E-state index is 12.6. The molecule has 0 heterocycles. The minimum atomic E-state index is -4.04. The van der Waals surface area contributed by atoms with Crippen molar-refractivity contribution in [3.05, 3.63) is 0 Å². The van der Waals surface area contributed by atoms with E-state index in [9.17, 15) is 16.8 Å². The van der Waals surface area contributed by atoms with Crippen molar-refractivity contribution in [3.63, 3.8) is 0 Å². The highest BCUT2D eigenvalue weighted by molar-refractivity contribution is 8.07. The molecule has 0 radical (unpaired) electrons. The topological polar surface area (TPSA) is 140 Å². The van der Waals surface area contributed by atoms with Crippen LogP contribution in [0.1, 0.15) is 84.0 Å². The number of hydrogen-bond acceptors (Lipinski definition) is 6. The van der Waals surface area contributed by atoms with Gasteiger partial charge in [-0.1, -0.05) is 39.0 Å². The first kappa shape index (κ1) is 26.8. The molecule has 0 spiro atoms. The fourth-order valence-electron chi connectivity index (χ4n) is 2.66. The van der Waals surface area contributed by atoms with Gasteiger partial charge >= 0.3 is 0 Å². The van der Waals surface area contributed by atoms with E-state index in [1.165, 1.54) is 0 Å². The quantitative estimate of drug-likeness (QED) is 0.318. The molecule has 0 unspecified atom stereocenters. The molecule has 0 aromatic heterocycles. The van der Waals surface area contributed by atoms with E-state index in [2.05, 4.69) is 16.4 Å². The van der Waals surface area contributed by atoms with Crippen molar-refractivity contribution in [2.75, 3.05) is 13.1 Å². The fourth-order valence-corrected chi connectivity index (χ4v) is 6.59. The molecule has 8 nitrogen and oxygen atoms in total. The number of nitrogens with zero attached hydrogens (tertiary/aromatic N) is 2. The largest absolute Gasteiger partial charge is 0.230 e. The average Bonchev–Trinajstić information content (AvgIpc) is 2.63. The van der Waals surface area contributed by atoms with Gasteiger partial charge in [-0.25, -0.2) is 26.3 Å². The van der Waals surface area contributed by atoms with Crippen LogP contribution < -0.4 is 9.44 Å². The second-order valence-electron chi connectivity index (χ2n) is 6.74. The highest BCUT2D eigenvalue weighted by Crippen LogP contribution is 2.17. The van der Waals surface area contributed by atoms with Crippen molar-refractivity contribution >= 4 is 20.0 Å². The molecule has 0 fully saturated rings. The van der Waals surface area contributed by atoms with E-state index in [1.54, 1.807) is 0 Å². The Labute approximate surface area is 170 Å². The third kappa shape index (κ3) is 12.3. The van der Waals surface area contributed by atoms with Crippen LogP contribution in [0.4, 0.5) is 0 Å². The lowest BCUT2D eigenvalue weighted by atomic mass is 10.1. The summed E-state index contributed by atoms with van der Waals surface area (Å²) in [5.74, 6) is 0. The van der Waals surface area contributed by atoms with Gasteiger partial charge in [-0.3, -0.25) is 0 Å². The van der Waals surface area contributed by atoms with E-state index in [4.69, 9.17) is 10.5 Å². The monoisotopic (exact) mass is 434 g/mol. The van der Waals surface area contributed by atoms with Crippen LogP contribution in [-0.4, -0.2) is 34.5 Å². The van der Waals surface area contributed by atoms with Gasteiger partial charge in [-0.15, -0.1) is 0 Å². The lowest BCUT2D eigenvalue weighted by Gasteiger charge is -2.19. The van der Waals surface area contributed by atoms with E-state index < -0.39 is 24.6 Å². The first-order valence-corrected chi connectivity index (χ1v) is 13.1. The standard InChI is InChI=1S/C18H34N4O4S2/c1-2-3-4-5-8-13-18(27(23,24)21-16-11-6-9-14-19)28(25,26)22-17-12-7-10-15-20/h18,21-22H,2-13,16-17H2,1H3.